The van der Waals surface area contributed by atoms with E-state index in [0.717, 1.165) is 5.33 Å². The minimum absolute atomic E-state index is 0.467. The van der Waals surface area contributed by atoms with Crippen LogP contribution in [0, 0.1) is 12.3 Å². The fourth-order valence-corrected chi connectivity index (χ4v) is 4.01. The van der Waals surface area contributed by atoms with Crippen LogP contribution in [0.5, 0.6) is 0 Å². The molecule has 0 spiro atoms. The van der Waals surface area contributed by atoms with E-state index >= 15 is 0 Å². The van der Waals surface area contributed by atoms with Gasteiger partial charge < -0.3 is 4.90 Å². The first kappa shape index (κ1) is 14.9. The molecule has 1 nitrogen and oxygen atoms in total. The summed E-state index contributed by atoms with van der Waals surface area (Å²) in [5.74, 6) is 0. The van der Waals surface area contributed by atoms with Crippen molar-refractivity contribution in [3.05, 3.63) is 29.8 Å². The van der Waals surface area contributed by atoms with Gasteiger partial charge in [0.15, 0.2) is 0 Å². The van der Waals surface area contributed by atoms with Gasteiger partial charge in [-0.3, -0.25) is 0 Å². The summed E-state index contributed by atoms with van der Waals surface area (Å²) >= 11 is 3.79. The quantitative estimate of drug-likeness (QED) is 0.546. The largest absolute Gasteiger partial charge is 0.374 e. The van der Waals surface area contributed by atoms with Crippen molar-refractivity contribution in [3.63, 3.8) is 0 Å². The summed E-state index contributed by atoms with van der Waals surface area (Å²) in [5.41, 5.74) is 3.16. The number of benzene rings is 1. The first-order chi connectivity index (χ1) is 9.15. The molecule has 2 rings (SSSR count). The Bertz CT molecular complexity index is 394. The maximum absolute atomic E-state index is 3.79. The highest BCUT2D eigenvalue weighted by Crippen LogP contribution is 2.38. The first-order valence-electron chi connectivity index (χ1n) is 7.49. The second kappa shape index (κ2) is 6.78. The maximum Gasteiger partial charge on any atom is 0.0366 e. The third kappa shape index (κ3) is 3.98. The van der Waals surface area contributed by atoms with Crippen LogP contribution in [0.1, 0.15) is 44.1 Å². The Balaban J connectivity index is 2.08. The zero-order valence-corrected chi connectivity index (χ0v) is 13.9. The van der Waals surface area contributed by atoms with E-state index in [1.165, 1.54) is 56.3 Å². The lowest BCUT2D eigenvalue weighted by Gasteiger charge is -2.36. The van der Waals surface area contributed by atoms with Crippen molar-refractivity contribution in [1.82, 2.24) is 0 Å². The lowest BCUT2D eigenvalue weighted by atomic mass is 9.82. The van der Waals surface area contributed by atoms with Gasteiger partial charge in [-0.2, -0.15) is 0 Å². The highest BCUT2D eigenvalue weighted by Gasteiger charge is 2.31. The lowest BCUT2D eigenvalue weighted by molar-refractivity contribution is 0.295. The lowest BCUT2D eigenvalue weighted by Crippen LogP contribution is -2.37. The molecule has 1 aliphatic carbocycles. The molecule has 1 aliphatic rings. The number of alkyl halides is 1. The Hall–Kier alpha value is -0.500. The Morgan fingerprint density at radius 1 is 1.16 bits per heavy atom. The number of hydrogen-bond acceptors (Lipinski definition) is 1. The molecule has 0 bridgehead atoms. The van der Waals surface area contributed by atoms with E-state index in [-0.39, 0.29) is 0 Å². The summed E-state index contributed by atoms with van der Waals surface area (Å²) in [4.78, 5) is 2.44. The normalized spacial score (nSPS) is 18.9. The number of anilines is 1. The van der Waals surface area contributed by atoms with Gasteiger partial charge in [0.1, 0.15) is 0 Å². The van der Waals surface area contributed by atoms with Crippen LogP contribution in [0.15, 0.2) is 24.3 Å². The Labute approximate surface area is 126 Å². The van der Waals surface area contributed by atoms with Gasteiger partial charge in [0.05, 0.1) is 0 Å². The van der Waals surface area contributed by atoms with Gasteiger partial charge >= 0.3 is 0 Å². The number of nitrogens with zero attached hydrogens (tertiary/aromatic N) is 1. The van der Waals surface area contributed by atoms with Crippen molar-refractivity contribution in [2.75, 3.05) is 23.8 Å². The first-order valence-corrected chi connectivity index (χ1v) is 8.61. The van der Waals surface area contributed by atoms with Crippen molar-refractivity contribution in [2.24, 2.45) is 5.41 Å². The summed E-state index contributed by atoms with van der Waals surface area (Å²) in [6.07, 6.45) is 8.37. The minimum Gasteiger partial charge on any atom is -0.374 e. The molecule has 1 aromatic rings. The van der Waals surface area contributed by atoms with Crippen LogP contribution in [0.3, 0.4) is 0 Å². The molecule has 0 N–H and O–H groups in total. The molecule has 0 aromatic heterocycles. The zero-order valence-electron chi connectivity index (χ0n) is 12.3. The SMILES string of the molecule is Cc1cccc(N(C)CC2(CBr)CCCCCC2)c1. The molecule has 0 unspecified atom stereocenters. The molecule has 0 amide bonds. The van der Waals surface area contributed by atoms with Crippen molar-refractivity contribution >= 4 is 21.6 Å². The summed E-state index contributed by atoms with van der Waals surface area (Å²) < 4.78 is 0. The molecule has 19 heavy (non-hydrogen) atoms. The molecule has 1 aromatic carbocycles. The van der Waals surface area contributed by atoms with Gasteiger partial charge in [-0.15, -0.1) is 0 Å². The third-order valence-corrected chi connectivity index (χ3v) is 5.65. The summed E-state index contributed by atoms with van der Waals surface area (Å²) in [7, 11) is 2.24. The average Bonchev–Trinajstić information content (AvgIpc) is 2.65. The smallest absolute Gasteiger partial charge is 0.0366 e. The van der Waals surface area contributed by atoms with Crippen LogP contribution >= 0.6 is 15.9 Å². The van der Waals surface area contributed by atoms with Gasteiger partial charge in [-0.1, -0.05) is 53.7 Å². The molecule has 1 fully saturated rings. The van der Waals surface area contributed by atoms with E-state index in [0.29, 0.717) is 5.41 Å². The molecule has 2 heteroatoms. The predicted molar refractivity (Wildman–Crippen MR) is 88.4 cm³/mol. The number of rotatable bonds is 4. The number of aryl methyl sites for hydroxylation is 1. The van der Waals surface area contributed by atoms with Crippen LogP contribution in [-0.2, 0) is 0 Å². The van der Waals surface area contributed by atoms with Crippen LogP contribution < -0.4 is 4.90 Å². The van der Waals surface area contributed by atoms with Crippen molar-refractivity contribution < 1.29 is 0 Å². The summed E-state index contributed by atoms with van der Waals surface area (Å²) in [6.45, 7) is 3.34. The topological polar surface area (TPSA) is 3.24 Å². The predicted octanol–water partition coefficient (Wildman–Crippen LogP) is 5.17. The highest BCUT2D eigenvalue weighted by molar-refractivity contribution is 9.09. The fourth-order valence-electron chi connectivity index (χ4n) is 3.27. The zero-order chi connectivity index (χ0) is 13.7. The van der Waals surface area contributed by atoms with Gasteiger partial charge in [0, 0.05) is 24.6 Å². The van der Waals surface area contributed by atoms with E-state index < -0.39 is 0 Å². The minimum atomic E-state index is 0.467. The number of hydrogen-bond donors (Lipinski definition) is 0. The molecule has 106 valence electrons. The van der Waals surface area contributed by atoms with Crippen LogP contribution in [0.25, 0.3) is 0 Å². The van der Waals surface area contributed by atoms with E-state index in [9.17, 15) is 0 Å². The Morgan fingerprint density at radius 3 is 2.42 bits per heavy atom. The standard InChI is InChI=1S/C17H26BrN/c1-15-8-7-9-16(12-15)19(2)14-17(13-18)10-5-3-4-6-11-17/h7-9,12H,3-6,10-11,13-14H2,1-2H3. The molecular formula is C17H26BrN. The van der Waals surface area contributed by atoms with E-state index in [4.69, 9.17) is 0 Å². The van der Waals surface area contributed by atoms with Gasteiger partial charge in [0.2, 0.25) is 0 Å². The second-order valence-electron chi connectivity index (χ2n) is 6.24. The van der Waals surface area contributed by atoms with Gasteiger partial charge in [-0.25, -0.2) is 0 Å². The van der Waals surface area contributed by atoms with Crippen LogP contribution in [0.2, 0.25) is 0 Å². The highest BCUT2D eigenvalue weighted by atomic mass is 79.9. The number of halogens is 1. The Morgan fingerprint density at radius 2 is 1.84 bits per heavy atom. The maximum atomic E-state index is 3.79. The molecule has 1 saturated carbocycles. The van der Waals surface area contributed by atoms with Crippen molar-refractivity contribution in [1.29, 1.82) is 0 Å². The van der Waals surface area contributed by atoms with Crippen LogP contribution in [-0.4, -0.2) is 18.9 Å². The second-order valence-corrected chi connectivity index (χ2v) is 6.80. The van der Waals surface area contributed by atoms with Crippen molar-refractivity contribution in [2.45, 2.75) is 45.4 Å². The van der Waals surface area contributed by atoms with E-state index in [2.05, 4.69) is 59.1 Å². The fraction of sp³-hybridized carbons (Fsp3) is 0.647. The molecular weight excluding hydrogens is 298 g/mol. The molecule has 0 saturated heterocycles. The average molecular weight is 324 g/mol. The van der Waals surface area contributed by atoms with Gasteiger partial charge in [0.25, 0.3) is 0 Å². The Kier molecular flexibility index (Phi) is 5.32. The van der Waals surface area contributed by atoms with E-state index in [1.54, 1.807) is 0 Å². The molecule has 0 heterocycles. The summed E-state index contributed by atoms with van der Waals surface area (Å²) in [6, 6.07) is 8.85. The summed E-state index contributed by atoms with van der Waals surface area (Å²) in [5, 5.41) is 1.14. The van der Waals surface area contributed by atoms with E-state index in [1.807, 2.05) is 0 Å². The van der Waals surface area contributed by atoms with Crippen molar-refractivity contribution in [3.8, 4) is 0 Å². The van der Waals surface area contributed by atoms with Gasteiger partial charge in [-0.05, 0) is 42.9 Å². The molecule has 0 atom stereocenters. The molecule has 0 aliphatic heterocycles. The third-order valence-electron chi connectivity index (χ3n) is 4.46. The monoisotopic (exact) mass is 323 g/mol. The molecule has 0 radical (unpaired) electrons. The van der Waals surface area contributed by atoms with Crippen LogP contribution in [0.4, 0.5) is 5.69 Å².